The summed E-state index contributed by atoms with van der Waals surface area (Å²) >= 11 is 2.81. The van der Waals surface area contributed by atoms with Crippen LogP contribution in [-0.4, -0.2) is 30.6 Å². The lowest BCUT2D eigenvalue weighted by Crippen LogP contribution is -2.13. The summed E-state index contributed by atoms with van der Waals surface area (Å²) in [6.45, 7) is 0. The Bertz CT molecular complexity index is 1050. The number of ether oxygens (including phenoxy) is 1. The minimum absolute atomic E-state index is 0.0167. The summed E-state index contributed by atoms with van der Waals surface area (Å²) in [6, 6.07) is 10.1. The van der Waals surface area contributed by atoms with Gasteiger partial charge in [-0.25, -0.2) is 8.42 Å². The molecule has 0 unspecified atom stereocenters. The van der Waals surface area contributed by atoms with E-state index in [0.717, 1.165) is 15.3 Å². The van der Waals surface area contributed by atoms with Gasteiger partial charge in [-0.15, -0.1) is 10.2 Å². The first-order chi connectivity index (χ1) is 12.9. The second-order valence-corrected chi connectivity index (χ2v) is 8.86. The number of nitrogens with zero attached hydrogens (tertiary/aromatic N) is 3. The summed E-state index contributed by atoms with van der Waals surface area (Å²) in [4.78, 5) is 11.0. The van der Waals surface area contributed by atoms with Gasteiger partial charge in [-0.2, -0.15) is 0 Å². The molecule has 0 aliphatic rings. The van der Waals surface area contributed by atoms with Gasteiger partial charge in [-0.05, 0) is 36.4 Å². The number of hydrogen-bond donors (Lipinski definition) is 1. The lowest BCUT2D eigenvalue weighted by Gasteiger charge is -2.09. The van der Waals surface area contributed by atoms with Gasteiger partial charge in [0, 0.05) is 16.6 Å². The topological polar surface area (TPSA) is 124 Å². The fourth-order valence-electron chi connectivity index (χ4n) is 2.09. The van der Waals surface area contributed by atoms with Crippen molar-refractivity contribution in [2.75, 3.05) is 11.8 Å². The summed E-state index contributed by atoms with van der Waals surface area (Å²) < 4.78 is 33.1. The summed E-state index contributed by atoms with van der Waals surface area (Å²) in [6.07, 6.45) is 0. The van der Waals surface area contributed by atoms with Gasteiger partial charge in [0.25, 0.3) is 10.0 Å². The van der Waals surface area contributed by atoms with E-state index >= 15 is 0 Å². The molecule has 0 bridgehead atoms. The molecule has 0 fully saturated rings. The maximum Gasteiger partial charge on any atom is 0.312 e. The van der Waals surface area contributed by atoms with Crippen molar-refractivity contribution in [3.63, 3.8) is 0 Å². The molecule has 1 heterocycles. The van der Waals surface area contributed by atoms with Gasteiger partial charge in [-0.3, -0.25) is 14.8 Å². The maximum atomic E-state index is 12.5. The average Bonchev–Trinajstić information content (AvgIpc) is 3.15. The monoisotopic (exact) mass is 424 g/mol. The van der Waals surface area contributed by atoms with E-state index in [9.17, 15) is 18.5 Å². The van der Waals surface area contributed by atoms with Crippen LogP contribution in [0.5, 0.6) is 5.75 Å². The second-order valence-electron chi connectivity index (χ2n) is 5.03. The van der Waals surface area contributed by atoms with Gasteiger partial charge < -0.3 is 4.74 Å². The molecule has 0 amide bonds. The van der Waals surface area contributed by atoms with Crippen molar-refractivity contribution < 1.29 is 18.1 Å². The van der Waals surface area contributed by atoms with Crippen molar-refractivity contribution in [3.8, 4) is 5.75 Å². The maximum absolute atomic E-state index is 12.5. The van der Waals surface area contributed by atoms with Crippen molar-refractivity contribution >= 4 is 44.5 Å². The third-order valence-corrected chi connectivity index (χ3v) is 6.47. The van der Waals surface area contributed by atoms with E-state index in [0.29, 0.717) is 5.69 Å². The molecule has 0 saturated heterocycles. The Labute approximate surface area is 162 Å². The van der Waals surface area contributed by atoms with Crippen LogP contribution in [0.2, 0.25) is 0 Å². The molecule has 3 aromatic rings. The molecule has 1 aromatic heterocycles. The molecular formula is C15H12N4O5S3. The van der Waals surface area contributed by atoms with Crippen LogP contribution in [0, 0.1) is 10.1 Å². The van der Waals surface area contributed by atoms with E-state index < -0.39 is 20.6 Å². The largest absolute Gasteiger partial charge is 0.490 e. The summed E-state index contributed by atoms with van der Waals surface area (Å²) in [5, 5.41) is 18.8. The SMILES string of the molecule is COc1ccc(S(=O)(=O)Nc2ccc(Sc3nncs3)cc2)cc1[N+](=O)[O-]. The van der Waals surface area contributed by atoms with E-state index in [1.807, 2.05) is 0 Å². The number of anilines is 1. The van der Waals surface area contributed by atoms with Crippen molar-refractivity contribution in [1.82, 2.24) is 10.2 Å². The van der Waals surface area contributed by atoms with E-state index in [1.165, 1.54) is 42.3 Å². The molecule has 0 aliphatic heterocycles. The number of benzene rings is 2. The highest BCUT2D eigenvalue weighted by atomic mass is 32.2. The zero-order chi connectivity index (χ0) is 19.4. The van der Waals surface area contributed by atoms with Crippen LogP contribution in [0.25, 0.3) is 0 Å². The van der Waals surface area contributed by atoms with Crippen LogP contribution in [0.3, 0.4) is 0 Å². The highest BCUT2D eigenvalue weighted by Crippen LogP contribution is 2.31. The smallest absolute Gasteiger partial charge is 0.312 e. The molecule has 9 nitrogen and oxygen atoms in total. The van der Waals surface area contributed by atoms with Crippen molar-refractivity contribution in [3.05, 3.63) is 58.1 Å². The number of aromatic nitrogens is 2. The van der Waals surface area contributed by atoms with Gasteiger partial charge in [0.05, 0.1) is 16.9 Å². The predicted octanol–water partition coefficient (Wildman–Crippen LogP) is 3.41. The Kier molecular flexibility index (Phi) is 5.58. The van der Waals surface area contributed by atoms with Crippen molar-refractivity contribution in [2.45, 2.75) is 14.1 Å². The summed E-state index contributed by atoms with van der Waals surface area (Å²) in [5.41, 5.74) is 1.53. The second kappa shape index (κ2) is 7.90. The molecule has 12 heteroatoms. The van der Waals surface area contributed by atoms with Crippen LogP contribution < -0.4 is 9.46 Å². The molecule has 0 spiro atoms. The van der Waals surface area contributed by atoms with E-state index in [1.54, 1.807) is 29.8 Å². The highest BCUT2D eigenvalue weighted by molar-refractivity contribution is 8.01. The fraction of sp³-hybridized carbons (Fsp3) is 0.0667. The van der Waals surface area contributed by atoms with Gasteiger partial charge >= 0.3 is 5.69 Å². The quantitative estimate of drug-likeness (QED) is 0.452. The third-order valence-electron chi connectivity index (χ3n) is 3.31. The number of hydrogen-bond acceptors (Lipinski definition) is 9. The van der Waals surface area contributed by atoms with Gasteiger partial charge in [0.15, 0.2) is 10.1 Å². The lowest BCUT2D eigenvalue weighted by atomic mass is 10.3. The first kappa shape index (κ1) is 19.1. The van der Waals surface area contributed by atoms with E-state index in [-0.39, 0.29) is 10.6 Å². The minimum Gasteiger partial charge on any atom is -0.490 e. The molecular weight excluding hydrogens is 412 g/mol. The van der Waals surface area contributed by atoms with Crippen LogP contribution in [0.1, 0.15) is 0 Å². The number of nitro groups is 1. The van der Waals surface area contributed by atoms with Crippen molar-refractivity contribution in [2.24, 2.45) is 0 Å². The highest BCUT2D eigenvalue weighted by Gasteiger charge is 2.22. The molecule has 0 aliphatic carbocycles. The number of nitrogens with one attached hydrogen (secondary N) is 1. The first-order valence-corrected chi connectivity index (χ1v) is 10.5. The Morgan fingerprint density at radius 3 is 2.56 bits per heavy atom. The lowest BCUT2D eigenvalue weighted by molar-refractivity contribution is -0.386. The Balaban J connectivity index is 1.80. The minimum atomic E-state index is -3.99. The van der Waals surface area contributed by atoms with Gasteiger partial charge in [0.1, 0.15) is 5.51 Å². The zero-order valence-electron chi connectivity index (χ0n) is 13.7. The predicted molar refractivity (Wildman–Crippen MR) is 101 cm³/mol. The molecule has 3 rings (SSSR count). The molecule has 27 heavy (non-hydrogen) atoms. The molecule has 1 N–H and O–H groups in total. The average molecular weight is 424 g/mol. The van der Waals surface area contributed by atoms with Crippen molar-refractivity contribution in [1.29, 1.82) is 0 Å². The number of sulfonamides is 1. The van der Waals surface area contributed by atoms with Crippen LogP contribution in [0.15, 0.2) is 62.1 Å². The Morgan fingerprint density at radius 1 is 1.22 bits per heavy atom. The Morgan fingerprint density at radius 2 is 1.96 bits per heavy atom. The standard InChI is InChI=1S/C15H12N4O5S3/c1-24-14-7-6-12(8-13(14)19(20)21)27(22,23)18-10-2-4-11(5-3-10)26-15-17-16-9-25-15/h2-9,18H,1H3. The zero-order valence-corrected chi connectivity index (χ0v) is 16.2. The number of rotatable bonds is 7. The molecule has 0 saturated carbocycles. The van der Waals surface area contributed by atoms with Crippen LogP contribution in [0.4, 0.5) is 11.4 Å². The summed E-state index contributed by atoms with van der Waals surface area (Å²) in [7, 11) is -2.72. The number of nitro benzene ring substituents is 1. The number of methoxy groups -OCH3 is 1. The Hall–Kier alpha value is -2.70. The van der Waals surface area contributed by atoms with Crippen LogP contribution in [-0.2, 0) is 10.0 Å². The summed E-state index contributed by atoms with van der Waals surface area (Å²) in [5.74, 6) is -0.0167. The normalized spacial score (nSPS) is 11.1. The van der Waals surface area contributed by atoms with Gasteiger partial charge in [0.2, 0.25) is 0 Å². The van der Waals surface area contributed by atoms with E-state index in [4.69, 9.17) is 4.74 Å². The first-order valence-electron chi connectivity index (χ1n) is 7.28. The third kappa shape index (κ3) is 4.53. The molecule has 0 radical (unpaired) electrons. The molecule has 140 valence electrons. The molecule has 0 atom stereocenters. The van der Waals surface area contributed by atoms with Crippen LogP contribution >= 0.6 is 23.1 Å². The molecule has 2 aromatic carbocycles. The van der Waals surface area contributed by atoms with Gasteiger partial charge in [-0.1, -0.05) is 23.1 Å². The fourth-order valence-corrected chi connectivity index (χ4v) is 4.62. The van der Waals surface area contributed by atoms with E-state index in [2.05, 4.69) is 14.9 Å².